The number of nitrogens with one attached hydrogen (secondary N) is 1. The average Bonchev–Trinajstić information content (AvgIpc) is 3.05. The van der Waals surface area contributed by atoms with E-state index in [4.69, 9.17) is 4.74 Å². The summed E-state index contributed by atoms with van der Waals surface area (Å²) < 4.78 is 19.7. The van der Waals surface area contributed by atoms with E-state index in [2.05, 4.69) is 10.4 Å². The first kappa shape index (κ1) is 19.3. The van der Waals surface area contributed by atoms with Crippen molar-refractivity contribution < 1.29 is 18.7 Å². The minimum Gasteiger partial charge on any atom is -0.461 e. The van der Waals surface area contributed by atoms with E-state index < -0.39 is 17.3 Å². The topological polar surface area (TPSA) is 90.3 Å². The first-order chi connectivity index (χ1) is 14.0. The molecule has 0 atom stereocenters. The van der Waals surface area contributed by atoms with Crippen molar-refractivity contribution in [2.24, 2.45) is 5.92 Å². The van der Waals surface area contributed by atoms with Gasteiger partial charge in [-0.1, -0.05) is 12.5 Å². The number of nitrogens with zero attached hydrogens (tertiary/aromatic N) is 2. The molecule has 1 saturated carbocycles. The van der Waals surface area contributed by atoms with Crippen molar-refractivity contribution in [2.45, 2.75) is 26.2 Å². The van der Waals surface area contributed by atoms with Crippen LogP contribution in [-0.2, 0) is 9.53 Å². The molecule has 1 fully saturated rings. The lowest BCUT2D eigenvalue weighted by atomic mass is 9.85. The van der Waals surface area contributed by atoms with Crippen molar-refractivity contribution in [1.82, 2.24) is 9.78 Å². The maximum absolute atomic E-state index is 13.7. The Balaban J connectivity index is 1.90. The number of aromatic nitrogens is 2. The molecule has 1 amide bonds. The van der Waals surface area contributed by atoms with Crippen molar-refractivity contribution in [2.75, 3.05) is 11.9 Å². The van der Waals surface area contributed by atoms with Gasteiger partial charge >= 0.3 is 5.97 Å². The van der Waals surface area contributed by atoms with Gasteiger partial charge in [-0.15, -0.1) is 11.3 Å². The lowest BCUT2D eigenvalue weighted by Crippen LogP contribution is -2.29. The summed E-state index contributed by atoms with van der Waals surface area (Å²) >= 11 is 1.15. The van der Waals surface area contributed by atoms with E-state index in [0.29, 0.717) is 10.4 Å². The Kier molecular flexibility index (Phi) is 5.14. The van der Waals surface area contributed by atoms with E-state index in [9.17, 15) is 18.8 Å². The number of hydrogen-bond acceptors (Lipinski definition) is 6. The molecule has 0 spiro atoms. The molecule has 2 aromatic heterocycles. The average molecular weight is 415 g/mol. The highest BCUT2D eigenvalue weighted by Crippen LogP contribution is 2.33. The zero-order valence-electron chi connectivity index (χ0n) is 15.6. The first-order valence-electron chi connectivity index (χ1n) is 9.28. The van der Waals surface area contributed by atoms with Crippen LogP contribution in [0.5, 0.6) is 0 Å². The largest absolute Gasteiger partial charge is 0.461 e. The van der Waals surface area contributed by atoms with Crippen molar-refractivity contribution in [3.8, 4) is 5.69 Å². The van der Waals surface area contributed by atoms with Gasteiger partial charge in [0.05, 0.1) is 17.7 Å². The van der Waals surface area contributed by atoms with Gasteiger partial charge in [-0.25, -0.2) is 9.18 Å². The van der Waals surface area contributed by atoms with Gasteiger partial charge in [0.15, 0.2) is 5.69 Å². The number of anilines is 1. The Morgan fingerprint density at radius 3 is 2.83 bits per heavy atom. The molecule has 2 heterocycles. The number of amides is 1. The van der Waals surface area contributed by atoms with Crippen LogP contribution in [0.1, 0.15) is 36.7 Å². The van der Waals surface area contributed by atoms with Crippen LogP contribution in [0.2, 0.25) is 0 Å². The van der Waals surface area contributed by atoms with Crippen LogP contribution in [0.3, 0.4) is 0 Å². The van der Waals surface area contributed by atoms with E-state index >= 15 is 0 Å². The molecule has 9 heteroatoms. The summed E-state index contributed by atoms with van der Waals surface area (Å²) in [7, 11) is 0. The summed E-state index contributed by atoms with van der Waals surface area (Å²) in [5, 5.41) is 9.36. The molecule has 1 N–H and O–H groups in total. The van der Waals surface area contributed by atoms with Crippen molar-refractivity contribution in [3.05, 3.63) is 51.5 Å². The minimum atomic E-state index is -0.697. The molecule has 29 heavy (non-hydrogen) atoms. The fourth-order valence-corrected chi connectivity index (χ4v) is 4.10. The maximum atomic E-state index is 13.7. The molecular formula is C20H18FN3O4S. The second-order valence-electron chi connectivity index (χ2n) is 6.74. The third kappa shape index (κ3) is 3.53. The van der Waals surface area contributed by atoms with Gasteiger partial charge in [-0.3, -0.25) is 9.59 Å². The molecule has 3 aromatic rings. The van der Waals surface area contributed by atoms with Crippen LogP contribution in [-0.4, -0.2) is 28.3 Å². The SMILES string of the molecule is CCOC(=O)c1nn(-c2cccc(F)c2)c(=O)c2c(NC(=O)C3CCC3)scc12. The number of esters is 1. The second-order valence-corrected chi connectivity index (χ2v) is 7.62. The molecule has 0 unspecified atom stereocenters. The smallest absolute Gasteiger partial charge is 0.359 e. The normalized spacial score (nSPS) is 13.9. The van der Waals surface area contributed by atoms with Crippen LogP contribution in [0.15, 0.2) is 34.4 Å². The van der Waals surface area contributed by atoms with Crippen LogP contribution < -0.4 is 10.9 Å². The fraction of sp³-hybridized carbons (Fsp3) is 0.300. The second kappa shape index (κ2) is 7.75. The molecule has 1 aromatic carbocycles. The Labute approximate surface area is 169 Å². The third-order valence-electron chi connectivity index (χ3n) is 4.89. The van der Waals surface area contributed by atoms with Crippen molar-refractivity contribution in [1.29, 1.82) is 0 Å². The van der Waals surface area contributed by atoms with Crippen LogP contribution >= 0.6 is 11.3 Å². The number of benzene rings is 1. The number of hydrogen-bond donors (Lipinski definition) is 1. The molecule has 7 nitrogen and oxygen atoms in total. The summed E-state index contributed by atoms with van der Waals surface area (Å²) in [4.78, 5) is 38.0. The number of halogens is 1. The maximum Gasteiger partial charge on any atom is 0.359 e. The highest BCUT2D eigenvalue weighted by Gasteiger charge is 2.28. The van der Waals surface area contributed by atoms with Gasteiger partial charge in [0.25, 0.3) is 5.56 Å². The molecule has 1 aliphatic rings. The molecule has 1 aliphatic carbocycles. The molecule has 0 bridgehead atoms. The summed E-state index contributed by atoms with van der Waals surface area (Å²) in [6.07, 6.45) is 2.64. The summed E-state index contributed by atoms with van der Waals surface area (Å²) in [6.45, 7) is 1.80. The zero-order valence-corrected chi connectivity index (χ0v) is 16.4. The Morgan fingerprint density at radius 2 is 2.17 bits per heavy atom. The van der Waals surface area contributed by atoms with Crippen molar-refractivity contribution in [3.63, 3.8) is 0 Å². The number of fused-ring (bicyclic) bond motifs is 1. The van der Waals surface area contributed by atoms with E-state index in [1.807, 2.05) is 0 Å². The van der Waals surface area contributed by atoms with Gasteiger partial charge in [0.1, 0.15) is 10.8 Å². The van der Waals surface area contributed by atoms with E-state index in [1.54, 1.807) is 12.3 Å². The Hall–Kier alpha value is -3.07. The lowest BCUT2D eigenvalue weighted by Gasteiger charge is -2.23. The molecule has 150 valence electrons. The predicted octanol–water partition coefficient (Wildman–Crippen LogP) is 3.50. The number of rotatable bonds is 5. The molecular weight excluding hydrogens is 397 g/mol. The fourth-order valence-electron chi connectivity index (χ4n) is 3.16. The van der Waals surface area contributed by atoms with Crippen LogP contribution in [0.4, 0.5) is 9.39 Å². The highest BCUT2D eigenvalue weighted by atomic mass is 32.1. The molecule has 0 radical (unpaired) electrons. The van der Waals surface area contributed by atoms with E-state index in [0.717, 1.165) is 41.3 Å². The van der Waals surface area contributed by atoms with E-state index in [1.165, 1.54) is 18.2 Å². The number of thiophene rings is 1. The molecule has 0 saturated heterocycles. The van der Waals surface area contributed by atoms with Gasteiger partial charge in [0, 0.05) is 16.7 Å². The van der Waals surface area contributed by atoms with Gasteiger partial charge in [0.2, 0.25) is 5.91 Å². The van der Waals surface area contributed by atoms with Gasteiger partial charge < -0.3 is 10.1 Å². The third-order valence-corrected chi connectivity index (χ3v) is 5.78. The molecule has 0 aliphatic heterocycles. The van der Waals surface area contributed by atoms with Crippen molar-refractivity contribution >= 4 is 39.0 Å². The van der Waals surface area contributed by atoms with Crippen LogP contribution in [0.25, 0.3) is 16.5 Å². The number of carbonyl (C=O) groups excluding carboxylic acids is 2. The lowest BCUT2D eigenvalue weighted by molar-refractivity contribution is -0.122. The van der Waals surface area contributed by atoms with Gasteiger partial charge in [-0.2, -0.15) is 9.78 Å². The highest BCUT2D eigenvalue weighted by molar-refractivity contribution is 7.16. The monoisotopic (exact) mass is 415 g/mol. The predicted molar refractivity (Wildman–Crippen MR) is 107 cm³/mol. The first-order valence-corrected chi connectivity index (χ1v) is 10.2. The Bertz CT molecular complexity index is 1170. The number of carbonyl (C=O) groups is 2. The summed E-state index contributed by atoms with van der Waals surface area (Å²) in [6, 6.07) is 5.35. The minimum absolute atomic E-state index is 0.0638. The van der Waals surface area contributed by atoms with Crippen LogP contribution in [0, 0.1) is 11.7 Å². The standard InChI is InChI=1S/C20H18FN3O4S/c1-2-28-20(27)16-14-10-29-18(22-17(25)11-5-3-6-11)15(14)19(26)24(23-16)13-8-4-7-12(21)9-13/h4,7-11H,2-3,5-6H2,1H3,(H,22,25). The summed E-state index contributed by atoms with van der Waals surface area (Å²) in [5.41, 5.74) is -0.445. The summed E-state index contributed by atoms with van der Waals surface area (Å²) in [5.74, 6) is -1.45. The number of ether oxygens (including phenoxy) is 1. The zero-order chi connectivity index (χ0) is 20.5. The molecule has 4 rings (SSSR count). The van der Waals surface area contributed by atoms with Gasteiger partial charge in [-0.05, 0) is 38.0 Å². The quantitative estimate of drug-likeness (QED) is 0.644. The Morgan fingerprint density at radius 1 is 1.38 bits per heavy atom. The van der Waals surface area contributed by atoms with E-state index in [-0.39, 0.29) is 35.2 Å².